The first-order chi connectivity index (χ1) is 8.29. The van der Waals surface area contributed by atoms with Crippen LogP contribution in [-0.2, 0) is 11.3 Å². The molecule has 0 saturated carbocycles. The molecular formula is C13H23N3O. The van der Waals surface area contributed by atoms with E-state index < -0.39 is 0 Å². The monoisotopic (exact) mass is 237 g/mol. The molecule has 0 aliphatic carbocycles. The van der Waals surface area contributed by atoms with Crippen LogP contribution < -0.4 is 5.32 Å². The Morgan fingerprint density at radius 3 is 3.18 bits per heavy atom. The lowest BCUT2D eigenvalue weighted by Gasteiger charge is -2.30. The van der Waals surface area contributed by atoms with E-state index in [2.05, 4.69) is 29.4 Å². The third kappa shape index (κ3) is 3.54. The summed E-state index contributed by atoms with van der Waals surface area (Å²) in [6.45, 7) is 6.08. The minimum Gasteiger partial charge on any atom is -0.378 e. The number of aromatic amines is 1. The molecule has 2 heterocycles. The molecule has 17 heavy (non-hydrogen) atoms. The van der Waals surface area contributed by atoms with Crippen LogP contribution in [0.15, 0.2) is 6.20 Å². The van der Waals surface area contributed by atoms with Gasteiger partial charge in [0.1, 0.15) is 0 Å². The second-order valence-corrected chi connectivity index (χ2v) is 4.90. The molecule has 4 nitrogen and oxygen atoms in total. The fourth-order valence-electron chi connectivity index (χ4n) is 2.40. The molecule has 2 unspecified atom stereocenters. The first-order valence-electron chi connectivity index (χ1n) is 6.63. The summed E-state index contributed by atoms with van der Waals surface area (Å²) >= 11 is 0. The molecular weight excluding hydrogens is 214 g/mol. The van der Waals surface area contributed by atoms with Crippen molar-refractivity contribution in [3.8, 4) is 0 Å². The quantitative estimate of drug-likeness (QED) is 0.825. The van der Waals surface area contributed by atoms with Gasteiger partial charge in [0.05, 0.1) is 12.3 Å². The van der Waals surface area contributed by atoms with Gasteiger partial charge in [0, 0.05) is 30.5 Å². The van der Waals surface area contributed by atoms with E-state index in [1.807, 2.05) is 6.20 Å². The Balaban J connectivity index is 1.77. The maximum Gasteiger partial charge on any atom is 0.0589 e. The van der Waals surface area contributed by atoms with Gasteiger partial charge in [0.2, 0.25) is 0 Å². The molecule has 1 saturated heterocycles. The second-order valence-electron chi connectivity index (χ2n) is 4.90. The number of hydrogen-bond donors (Lipinski definition) is 2. The lowest BCUT2D eigenvalue weighted by molar-refractivity contribution is -0.00343. The summed E-state index contributed by atoms with van der Waals surface area (Å²) in [6, 6.07) is 0.592. The first-order valence-corrected chi connectivity index (χ1v) is 6.63. The standard InChI is InChI=1S/C13H23N3O/c1-3-4-13-7-12(5-6-17-13)14-8-11-9-15-16-10(11)2/h9,12-14H,3-8H2,1-2H3,(H,15,16). The fourth-order valence-corrected chi connectivity index (χ4v) is 2.40. The molecule has 1 aromatic rings. The lowest BCUT2D eigenvalue weighted by atomic mass is 10.00. The molecule has 96 valence electrons. The van der Waals surface area contributed by atoms with Crippen molar-refractivity contribution in [1.29, 1.82) is 0 Å². The number of ether oxygens (including phenoxy) is 1. The van der Waals surface area contributed by atoms with Crippen LogP contribution >= 0.6 is 0 Å². The van der Waals surface area contributed by atoms with Crippen molar-refractivity contribution in [2.75, 3.05) is 6.61 Å². The van der Waals surface area contributed by atoms with Gasteiger partial charge in [-0.05, 0) is 26.2 Å². The number of aromatic nitrogens is 2. The van der Waals surface area contributed by atoms with E-state index in [1.54, 1.807) is 0 Å². The smallest absolute Gasteiger partial charge is 0.0589 e. The van der Waals surface area contributed by atoms with Crippen molar-refractivity contribution < 1.29 is 4.74 Å². The van der Waals surface area contributed by atoms with Crippen molar-refractivity contribution in [1.82, 2.24) is 15.5 Å². The van der Waals surface area contributed by atoms with Gasteiger partial charge in [-0.25, -0.2) is 0 Å². The summed E-state index contributed by atoms with van der Waals surface area (Å²) in [5.74, 6) is 0. The van der Waals surface area contributed by atoms with E-state index in [-0.39, 0.29) is 0 Å². The number of hydrogen-bond acceptors (Lipinski definition) is 3. The summed E-state index contributed by atoms with van der Waals surface area (Å²) in [7, 11) is 0. The third-order valence-corrected chi connectivity index (χ3v) is 3.49. The van der Waals surface area contributed by atoms with Crippen LogP contribution in [0.25, 0.3) is 0 Å². The predicted molar refractivity (Wildman–Crippen MR) is 67.8 cm³/mol. The normalized spacial score (nSPS) is 25.1. The molecule has 0 radical (unpaired) electrons. The molecule has 0 bridgehead atoms. The van der Waals surface area contributed by atoms with Crippen LogP contribution in [0, 0.1) is 6.92 Å². The molecule has 2 rings (SSSR count). The predicted octanol–water partition coefficient (Wildman–Crippen LogP) is 2.16. The van der Waals surface area contributed by atoms with Crippen LogP contribution in [0.2, 0.25) is 0 Å². The van der Waals surface area contributed by atoms with Crippen molar-refractivity contribution in [2.45, 2.75) is 58.2 Å². The topological polar surface area (TPSA) is 49.9 Å². The van der Waals surface area contributed by atoms with Crippen LogP contribution in [-0.4, -0.2) is 29.0 Å². The molecule has 0 spiro atoms. The molecule has 2 N–H and O–H groups in total. The summed E-state index contributed by atoms with van der Waals surface area (Å²) in [6.07, 6.45) is 7.02. The Morgan fingerprint density at radius 2 is 2.47 bits per heavy atom. The largest absolute Gasteiger partial charge is 0.378 e. The summed E-state index contributed by atoms with van der Waals surface area (Å²) in [4.78, 5) is 0. The Hall–Kier alpha value is -0.870. The van der Waals surface area contributed by atoms with Crippen LogP contribution in [0.1, 0.15) is 43.9 Å². The van der Waals surface area contributed by atoms with Crippen molar-refractivity contribution in [2.24, 2.45) is 0 Å². The highest BCUT2D eigenvalue weighted by molar-refractivity contribution is 5.13. The zero-order chi connectivity index (χ0) is 12.1. The minimum atomic E-state index is 0.455. The van der Waals surface area contributed by atoms with Gasteiger partial charge in [0.15, 0.2) is 0 Å². The van der Waals surface area contributed by atoms with E-state index in [0.29, 0.717) is 12.1 Å². The average molecular weight is 237 g/mol. The Kier molecular flexibility index (Phi) is 4.57. The molecule has 0 aromatic carbocycles. The minimum absolute atomic E-state index is 0.455. The fraction of sp³-hybridized carbons (Fsp3) is 0.769. The Bertz CT molecular complexity index is 335. The van der Waals surface area contributed by atoms with Crippen molar-refractivity contribution >= 4 is 0 Å². The number of H-pyrrole nitrogens is 1. The van der Waals surface area contributed by atoms with Gasteiger partial charge in [-0.1, -0.05) is 13.3 Å². The second kappa shape index (κ2) is 6.17. The van der Waals surface area contributed by atoms with Gasteiger partial charge in [-0.2, -0.15) is 5.10 Å². The summed E-state index contributed by atoms with van der Waals surface area (Å²) < 4.78 is 5.75. The SMILES string of the molecule is CCCC1CC(NCc2cn[nH]c2C)CCO1. The van der Waals surface area contributed by atoms with Crippen LogP contribution in [0.3, 0.4) is 0 Å². The molecule has 1 fully saturated rings. The average Bonchev–Trinajstić information content (AvgIpc) is 2.73. The maximum atomic E-state index is 5.75. The Labute approximate surface area is 103 Å². The molecule has 0 amide bonds. The molecule has 1 aliphatic rings. The maximum absolute atomic E-state index is 5.75. The van der Waals surface area contributed by atoms with E-state index in [1.165, 1.54) is 18.4 Å². The van der Waals surface area contributed by atoms with E-state index in [4.69, 9.17) is 4.74 Å². The summed E-state index contributed by atoms with van der Waals surface area (Å²) in [5, 5.41) is 10.6. The number of aryl methyl sites for hydroxylation is 1. The highest BCUT2D eigenvalue weighted by atomic mass is 16.5. The van der Waals surface area contributed by atoms with Crippen molar-refractivity contribution in [3.05, 3.63) is 17.5 Å². The number of nitrogens with one attached hydrogen (secondary N) is 2. The molecule has 2 atom stereocenters. The number of nitrogens with zero attached hydrogens (tertiary/aromatic N) is 1. The van der Waals surface area contributed by atoms with E-state index >= 15 is 0 Å². The zero-order valence-electron chi connectivity index (χ0n) is 10.8. The van der Waals surface area contributed by atoms with Gasteiger partial charge < -0.3 is 10.1 Å². The third-order valence-electron chi connectivity index (χ3n) is 3.49. The van der Waals surface area contributed by atoms with Gasteiger partial charge >= 0.3 is 0 Å². The summed E-state index contributed by atoms with van der Waals surface area (Å²) in [5.41, 5.74) is 2.43. The molecule has 4 heteroatoms. The zero-order valence-corrected chi connectivity index (χ0v) is 10.8. The van der Waals surface area contributed by atoms with Crippen LogP contribution in [0.5, 0.6) is 0 Å². The van der Waals surface area contributed by atoms with Crippen molar-refractivity contribution in [3.63, 3.8) is 0 Å². The van der Waals surface area contributed by atoms with E-state index in [0.717, 1.165) is 31.7 Å². The molecule has 1 aliphatic heterocycles. The van der Waals surface area contributed by atoms with Gasteiger partial charge in [0.25, 0.3) is 0 Å². The lowest BCUT2D eigenvalue weighted by Crippen LogP contribution is -2.38. The van der Waals surface area contributed by atoms with Gasteiger partial charge in [-0.15, -0.1) is 0 Å². The first kappa shape index (κ1) is 12.6. The Morgan fingerprint density at radius 1 is 1.59 bits per heavy atom. The highest BCUT2D eigenvalue weighted by Gasteiger charge is 2.21. The van der Waals surface area contributed by atoms with Gasteiger partial charge in [-0.3, -0.25) is 5.10 Å². The number of rotatable bonds is 5. The van der Waals surface area contributed by atoms with Crippen LogP contribution in [0.4, 0.5) is 0 Å². The highest BCUT2D eigenvalue weighted by Crippen LogP contribution is 2.18. The molecule has 1 aromatic heterocycles. The van der Waals surface area contributed by atoms with E-state index in [9.17, 15) is 0 Å².